The standard InChI is InChI=1S/C15H16N2O3/c18-12-6-10(7-12)9-16-15(19)14-8-13(17-20-14)11-4-2-1-3-5-11/h1-5,8,10,12,18H,6-7,9H2,(H,16,19). The fourth-order valence-electron chi connectivity index (χ4n) is 2.32. The summed E-state index contributed by atoms with van der Waals surface area (Å²) in [5.41, 5.74) is 1.56. The normalized spacial score (nSPS) is 21.2. The number of nitrogens with one attached hydrogen (secondary N) is 1. The molecule has 1 aromatic heterocycles. The van der Waals surface area contributed by atoms with Crippen molar-refractivity contribution in [3.05, 3.63) is 42.2 Å². The molecule has 0 radical (unpaired) electrons. The molecule has 1 heterocycles. The lowest BCUT2D eigenvalue weighted by molar-refractivity contribution is 0.0417. The molecule has 1 fully saturated rings. The number of hydrogen-bond acceptors (Lipinski definition) is 4. The molecule has 0 atom stereocenters. The van der Waals surface area contributed by atoms with Crippen molar-refractivity contribution in [2.24, 2.45) is 5.92 Å². The molecule has 0 saturated heterocycles. The maximum atomic E-state index is 11.9. The van der Waals surface area contributed by atoms with Gasteiger partial charge in [-0.15, -0.1) is 0 Å². The van der Waals surface area contributed by atoms with E-state index in [0.717, 1.165) is 18.4 Å². The van der Waals surface area contributed by atoms with Gasteiger partial charge in [0.05, 0.1) is 6.10 Å². The first-order valence-electron chi connectivity index (χ1n) is 6.71. The molecule has 1 aromatic carbocycles. The van der Waals surface area contributed by atoms with Crippen LogP contribution in [-0.2, 0) is 0 Å². The summed E-state index contributed by atoms with van der Waals surface area (Å²) in [6, 6.07) is 11.2. The molecule has 0 spiro atoms. The van der Waals surface area contributed by atoms with Gasteiger partial charge in [0.2, 0.25) is 5.76 Å². The average molecular weight is 272 g/mol. The lowest BCUT2D eigenvalue weighted by Crippen LogP contribution is -2.38. The topological polar surface area (TPSA) is 75.4 Å². The van der Waals surface area contributed by atoms with E-state index in [1.54, 1.807) is 6.07 Å². The molecular weight excluding hydrogens is 256 g/mol. The Kier molecular flexibility index (Phi) is 3.52. The van der Waals surface area contributed by atoms with Crippen LogP contribution in [0.1, 0.15) is 23.4 Å². The zero-order valence-electron chi connectivity index (χ0n) is 11.0. The van der Waals surface area contributed by atoms with Crippen LogP contribution in [0.4, 0.5) is 0 Å². The minimum Gasteiger partial charge on any atom is -0.393 e. The van der Waals surface area contributed by atoms with Gasteiger partial charge in [-0.25, -0.2) is 0 Å². The van der Waals surface area contributed by atoms with Gasteiger partial charge >= 0.3 is 0 Å². The first kappa shape index (κ1) is 12.9. The number of aromatic nitrogens is 1. The van der Waals surface area contributed by atoms with Crippen molar-refractivity contribution in [3.63, 3.8) is 0 Å². The average Bonchev–Trinajstić information content (AvgIpc) is 2.93. The predicted octanol–water partition coefficient (Wildman–Crippen LogP) is 1.84. The number of carbonyl (C=O) groups is 1. The monoisotopic (exact) mass is 272 g/mol. The highest BCUT2D eigenvalue weighted by molar-refractivity contribution is 5.92. The lowest BCUT2D eigenvalue weighted by Gasteiger charge is -2.31. The van der Waals surface area contributed by atoms with Crippen LogP contribution < -0.4 is 5.32 Å². The van der Waals surface area contributed by atoms with Gasteiger partial charge in [-0.1, -0.05) is 35.5 Å². The van der Waals surface area contributed by atoms with E-state index >= 15 is 0 Å². The molecule has 1 aliphatic carbocycles. The third kappa shape index (κ3) is 2.72. The van der Waals surface area contributed by atoms with Crippen LogP contribution >= 0.6 is 0 Å². The van der Waals surface area contributed by atoms with E-state index in [0.29, 0.717) is 18.2 Å². The summed E-state index contributed by atoms with van der Waals surface area (Å²) in [6.07, 6.45) is 1.31. The van der Waals surface area contributed by atoms with E-state index in [-0.39, 0.29) is 17.8 Å². The molecule has 5 nitrogen and oxygen atoms in total. The zero-order valence-corrected chi connectivity index (χ0v) is 11.0. The van der Waals surface area contributed by atoms with E-state index in [2.05, 4.69) is 10.5 Å². The van der Waals surface area contributed by atoms with Gasteiger partial charge in [0, 0.05) is 18.2 Å². The highest BCUT2D eigenvalue weighted by atomic mass is 16.5. The number of aliphatic hydroxyl groups excluding tert-OH is 1. The molecule has 0 aliphatic heterocycles. The van der Waals surface area contributed by atoms with Crippen molar-refractivity contribution in [2.45, 2.75) is 18.9 Å². The van der Waals surface area contributed by atoms with Gasteiger partial charge in [0.1, 0.15) is 5.69 Å². The Balaban J connectivity index is 1.60. The number of amides is 1. The maximum Gasteiger partial charge on any atom is 0.289 e. The number of carbonyl (C=O) groups excluding carboxylic acids is 1. The molecule has 1 aliphatic rings. The van der Waals surface area contributed by atoms with Crippen molar-refractivity contribution >= 4 is 5.91 Å². The predicted molar refractivity (Wildman–Crippen MR) is 73.0 cm³/mol. The quantitative estimate of drug-likeness (QED) is 0.890. The van der Waals surface area contributed by atoms with Crippen LogP contribution in [0.2, 0.25) is 0 Å². The summed E-state index contributed by atoms with van der Waals surface area (Å²) in [7, 11) is 0. The first-order valence-corrected chi connectivity index (χ1v) is 6.71. The lowest BCUT2D eigenvalue weighted by atomic mass is 9.82. The highest BCUT2D eigenvalue weighted by Gasteiger charge is 2.27. The number of nitrogens with zero attached hydrogens (tertiary/aromatic N) is 1. The van der Waals surface area contributed by atoms with Crippen molar-refractivity contribution in [1.29, 1.82) is 0 Å². The molecule has 20 heavy (non-hydrogen) atoms. The van der Waals surface area contributed by atoms with Gasteiger partial charge in [0.15, 0.2) is 0 Å². The fourth-order valence-corrected chi connectivity index (χ4v) is 2.32. The zero-order chi connectivity index (χ0) is 13.9. The molecule has 0 unspecified atom stereocenters. The van der Waals surface area contributed by atoms with Gasteiger partial charge in [0.25, 0.3) is 5.91 Å². The van der Waals surface area contributed by atoms with Gasteiger partial charge < -0.3 is 14.9 Å². The second-order valence-corrected chi connectivity index (χ2v) is 5.14. The van der Waals surface area contributed by atoms with E-state index < -0.39 is 0 Å². The summed E-state index contributed by atoms with van der Waals surface area (Å²) in [5.74, 6) is 0.315. The Labute approximate surface area is 116 Å². The number of aliphatic hydroxyl groups is 1. The van der Waals surface area contributed by atoms with Crippen LogP contribution in [-0.4, -0.2) is 28.8 Å². The summed E-state index contributed by atoms with van der Waals surface area (Å²) in [5, 5.41) is 15.9. The minimum atomic E-state index is -0.263. The molecule has 1 saturated carbocycles. The van der Waals surface area contributed by atoms with Crippen LogP contribution in [0.5, 0.6) is 0 Å². The number of rotatable bonds is 4. The molecule has 104 valence electrons. The highest BCUT2D eigenvalue weighted by Crippen LogP contribution is 2.26. The maximum absolute atomic E-state index is 11.9. The van der Waals surface area contributed by atoms with Crippen LogP contribution in [0.25, 0.3) is 11.3 Å². The molecule has 3 rings (SSSR count). The Hall–Kier alpha value is -2.14. The van der Waals surface area contributed by atoms with Gasteiger partial charge in [-0.3, -0.25) is 4.79 Å². The first-order chi connectivity index (χ1) is 9.72. The Morgan fingerprint density at radius 2 is 2.10 bits per heavy atom. The molecule has 2 N–H and O–H groups in total. The van der Waals surface area contributed by atoms with Crippen LogP contribution in [0.15, 0.2) is 40.9 Å². The molecule has 2 aromatic rings. The fraction of sp³-hybridized carbons (Fsp3) is 0.333. The Morgan fingerprint density at radius 3 is 2.80 bits per heavy atom. The number of benzene rings is 1. The molecule has 0 bridgehead atoms. The van der Waals surface area contributed by atoms with E-state index in [1.165, 1.54) is 0 Å². The number of hydrogen-bond donors (Lipinski definition) is 2. The summed E-state index contributed by atoms with van der Waals surface area (Å²) in [4.78, 5) is 11.9. The third-order valence-electron chi connectivity index (χ3n) is 3.57. The Morgan fingerprint density at radius 1 is 1.35 bits per heavy atom. The van der Waals surface area contributed by atoms with E-state index in [4.69, 9.17) is 4.52 Å². The molecule has 5 heteroatoms. The summed E-state index contributed by atoms with van der Waals surface area (Å²) < 4.78 is 5.07. The molecule has 1 amide bonds. The van der Waals surface area contributed by atoms with Gasteiger partial charge in [-0.2, -0.15) is 0 Å². The SMILES string of the molecule is O=C(NCC1CC(O)C1)c1cc(-c2ccccc2)no1. The third-order valence-corrected chi connectivity index (χ3v) is 3.57. The molecular formula is C15H16N2O3. The van der Waals surface area contributed by atoms with Crippen LogP contribution in [0, 0.1) is 5.92 Å². The van der Waals surface area contributed by atoms with Crippen molar-refractivity contribution in [3.8, 4) is 11.3 Å². The minimum absolute atomic E-state index is 0.202. The second-order valence-electron chi connectivity index (χ2n) is 5.14. The van der Waals surface area contributed by atoms with E-state index in [1.807, 2.05) is 30.3 Å². The van der Waals surface area contributed by atoms with Crippen molar-refractivity contribution in [1.82, 2.24) is 10.5 Å². The largest absolute Gasteiger partial charge is 0.393 e. The van der Waals surface area contributed by atoms with Crippen molar-refractivity contribution < 1.29 is 14.4 Å². The second kappa shape index (κ2) is 5.46. The summed E-state index contributed by atoms with van der Waals surface area (Å²) in [6.45, 7) is 0.567. The van der Waals surface area contributed by atoms with Gasteiger partial charge in [-0.05, 0) is 18.8 Å². The van der Waals surface area contributed by atoms with E-state index in [9.17, 15) is 9.90 Å². The smallest absolute Gasteiger partial charge is 0.289 e. The summed E-state index contributed by atoms with van der Waals surface area (Å²) >= 11 is 0. The van der Waals surface area contributed by atoms with Crippen LogP contribution in [0.3, 0.4) is 0 Å². The Bertz CT molecular complexity index is 588. The van der Waals surface area contributed by atoms with Crippen molar-refractivity contribution in [2.75, 3.05) is 6.54 Å².